The molecule has 0 radical (unpaired) electrons. The summed E-state index contributed by atoms with van der Waals surface area (Å²) in [5, 5.41) is 0. The summed E-state index contributed by atoms with van der Waals surface area (Å²) >= 11 is 0. The van der Waals surface area contributed by atoms with Crippen molar-refractivity contribution in [2.75, 3.05) is 20.3 Å². The lowest BCUT2D eigenvalue weighted by atomic mass is 10.0. The molecule has 0 bridgehead atoms. The van der Waals surface area contributed by atoms with Crippen LogP contribution in [0.5, 0.6) is 11.5 Å². The van der Waals surface area contributed by atoms with Gasteiger partial charge in [-0.25, -0.2) is 0 Å². The van der Waals surface area contributed by atoms with Gasteiger partial charge < -0.3 is 15.2 Å². The van der Waals surface area contributed by atoms with E-state index in [1.807, 2.05) is 0 Å². The van der Waals surface area contributed by atoms with E-state index >= 15 is 0 Å². The first-order valence-electron chi connectivity index (χ1n) is 6.29. The molecule has 96 valence electrons. The van der Waals surface area contributed by atoms with Crippen LogP contribution in [-0.4, -0.2) is 20.3 Å². The summed E-state index contributed by atoms with van der Waals surface area (Å²) < 4.78 is 11.1. The number of hydrogen-bond donors (Lipinski definition) is 1. The Labute approximate surface area is 104 Å². The fourth-order valence-electron chi connectivity index (χ4n) is 1.85. The van der Waals surface area contributed by atoms with Gasteiger partial charge in [-0.3, -0.25) is 0 Å². The molecule has 0 aliphatic rings. The molecule has 0 fully saturated rings. The first-order valence-corrected chi connectivity index (χ1v) is 6.29. The summed E-state index contributed by atoms with van der Waals surface area (Å²) in [4.78, 5) is 0. The third-order valence-electron chi connectivity index (χ3n) is 2.74. The molecule has 3 nitrogen and oxygen atoms in total. The van der Waals surface area contributed by atoms with Gasteiger partial charge in [0.05, 0.1) is 13.7 Å². The zero-order chi connectivity index (χ0) is 12.7. The van der Waals surface area contributed by atoms with Gasteiger partial charge >= 0.3 is 0 Å². The fraction of sp³-hybridized carbons (Fsp3) is 0.571. The monoisotopic (exact) mass is 237 g/mol. The van der Waals surface area contributed by atoms with Crippen LogP contribution in [-0.2, 0) is 12.8 Å². The van der Waals surface area contributed by atoms with Crippen molar-refractivity contribution in [1.29, 1.82) is 0 Å². The van der Waals surface area contributed by atoms with Crippen LogP contribution in [0.2, 0.25) is 0 Å². The zero-order valence-corrected chi connectivity index (χ0v) is 11.1. The van der Waals surface area contributed by atoms with Gasteiger partial charge in [0.2, 0.25) is 0 Å². The van der Waals surface area contributed by atoms with Gasteiger partial charge in [-0.05, 0) is 49.1 Å². The smallest absolute Gasteiger partial charge is 0.161 e. The lowest BCUT2D eigenvalue weighted by Gasteiger charge is -2.15. The molecular formula is C14H23NO2. The van der Waals surface area contributed by atoms with Crippen molar-refractivity contribution in [3.63, 3.8) is 0 Å². The topological polar surface area (TPSA) is 44.5 Å². The molecule has 0 aromatic heterocycles. The highest BCUT2D eigenvalue weighted by Gasteiger charge is 2.10. The average Bonchev–Trinajstić information content (AvgIpc) is 2.36. The Balaban J connectivity index is 3.04. The number of hydrogen-bond acceptors (Lipinski definition) is 3. The van der Waals surface area contributed by atoms with E-state index in [1.54, 1.807) is 7.11 Å². The highest BCUT2D eigenvalue weighted by atomic mass is 16.5. The molecule has 0 saturated carbocycles. The molecular weight excluding hydrogens is 214 g/mol. The minimum atomic E-state index is 0.659. The number of rotatable bonds is 7. The molecule has 3 heteroatoms. The Morgan fingerprint density at radius 1 is 1.12 bits per heavy atom. The highest BCUT2D eigenvalue weighted by molar-refractivity contribution is 5.47. The molecule has 0 aliphatic heterocycles. The van der Waals surface area contributed by atoms with Crippen molar-refractivity contribution >= 4 is 0 Å². The Hall–Kier alpha value is -1.22. The molecule has 0 heterocycles. The fourth-order valence-corrected chi connectivity index (χ4v) is 1.85. The molecule has 1 aromatic carbocycles. The summed E-state index contributed by atoms with van der Waals surface area (Å²) in [7, 11) is 1.68. The Morgan fingerprint density at radius 3 is 2.35 bits per heavy atom. The van der Waals surface area contributed by atoms with Crippen LogP contribution in [0.25, 0.3) is 0 Å². The third kappa shape index (κ3) is 3.63. The molecule has 0 atom stereocenters. The maximum Gasteiger partial charge on any atom is 0.161 e. The summed E-state index contributed by atoms with van der Waals surface area (Å²) in [6.45, 7) is 5.60. The van der Waals surface area contributed by atoms with Crippen molar-refractivity contribution < 1.29 is 9.47 Å². The van der Waals surface area contributed by atoms with Gasteiger partial charge in [0, 0.05) is 0 Å². The van der Waals surface area contributed by atoms with E-state index < -0.39 is 0 Å². The van der Waals surface area contributed by atoms with Gasteiger partial charge in [0.25, 0.3) is 0 Å². The predicted molar refractivity (Wildman–Crippen MR) is 70.9 cm³/mol. The van der Waals surface area contributed by atoms with Crippen molar-refractivity contribution in [2.45, 2.75) is 33.1 Å². The summed E-state index contributed by atoms with van der Waals surface area (Å²) in [6.07, 6.45) is 2.86. The second kappa shape index (κ2) is 7.17. The molecule has 0 spiro atoms. The van der Waals surface area contributed by atoms with Crippen molar-refractivity contribution in [1.82, 2.24) is 0 Å². The second-order valence-corrected chi connectivity index (χ2v) is 4.01. The van der Waals surface area contributed by atoms with E-state index in [9.17, 15) is 0 Å². The average molecular weight is 237 g/mol. The normalized spacial score (nSPS) is 10.4. The SMILES string of the molecule is CCCOc1cc(CCN)c(CC)cc1OC. The van der Waals surface area contributed by atoms with Crippen molar-refractivity contribution in [3.05, 3.63) is 23.3 Å². The van der Waals surface area contributed by atoms with Gasteiger partial charge in [-0.2, -0.15) is 0 Å². The Morgan fingerprint density at radius 2 is 1.82 bits per heavy atom. The van der Waals surface area contributed by atoms with Crippen LogP contribution in [0, 0.1) is 0 Å². The van der Waals surface area contributed by atoms with E-state index in [2.05, 4.69) is 26.0 Å². The van der Waals surface area contributed by atoms with E-state index in [-0.39, 0.29) is 0 Å². The second-order valence-electron chi connectivity index (χ2n) is 4.01. The van der Waals surface area contributed by atoms with Crippen LogP contribution < -0.4 is 15.2 Å². The number of methoxy groups -OCH3 is 1. The first-order chi connectivity index (χ1) is 8.26. The summed E-state index contributed by atoms with van der Waals surface area (Å²) in [6, 6.07) is 4.14. The minimum absolute atomic E-state index is 0.659. The van der Waals surface area contributed by atoms with Crippen LogP contribution in [0.1, 0.15) is 31.4 Å². The molecule has 1 rings (SSSR count). The summed E-state index contributed by atoms with van der Waals surface area (Å²) in [5.41, 5.74) is 8.19. The largest absolute Gasteiger partial charge is 0.493 e. The molecule has 0 saturated heterocycles. The van der Waals surface area contributed by atoms with Crippen molar-refractivity contribution in [3.8, 4) is 11.5 Å². The van der Waals surface area contributed by atoms with Crippen LogP contribution in [0.3, 0.4) is 0 Å². The Kier molecular flexibility index (Phi) is 5.84. The van der Waals surface area contributed by atoms with E-state index in [0.29, 0.717) is 13.2 Å². The first kappa shape index (κ1) is 13.8. The maximum atomic E-state index is 5.70. The van der Waals surface area contributed by atoms with E-state index in [1.165, 1.54) is 11.1 Å². The van der Waals surface area contributed by atoms with Crippen molar-refractivity contribution in [2.24, 2.45) is 5.73 Å². The molecule has 1 aromatic rings. The highest BCUT2D eigenvalue weighted by Crippen LogP contribution is 2.31. The number of aryl methyl sites for hydroxylation is 1. The van der Waals surface area contributed by atoms with E-state index in [0.717, 1.165) is 30.8 Å². The molecule has 0 aliphatic carbocycles. The standard InChI is InChI=1S/C14H23NO2/c1-4-8-17-14-10-12(6-7-15)11(5-2)9-13(14)16-3/h9-10H,4-8,15H2,1-3H3. The minimum Gasteiger partial charge on any atom is -0.493 e. The lowest BCUT2D eigenvalue weighted by Crippen LogP contribution is -2.07. The zero-order valence-electron chi connectivity index (χ0n) is 11.1. The number of nitrogens with two attached hydrogens (primary N) is 1. The lowest BCUT2D eigenvalue weighted by molar-refractivity contribution is 0.294. The van der Waals surface area contributed by atoms with Gasteiger partial charge in [0.15, 0.2) is 11.5 Å². The van der Waals surface area contributed by atoms with Crippen LogP contribution >= 0.6 is 0 Å². The van der Waals surface area contributed by atoms with Gasteiger partial charge in [-0.15, -0.1) is 0 Å². The molecule has 17 heavy (non-hydrogen) atoms. The van der Waals surface area contributed by atoms with Crippen LogP contribution in [0.4, 0.5) is 0 Å². The van der Waals surface area contributed by atoms with Crippen LogP contribution in [0.15, 0.2) is 12.1 Å². The third-order valence-corrected chi connectivity index (χ3v) is 2.74. The molecule has 0 amide bonds. The Bertz CT molecular complexity index is 350. The predicted octanol–water partition coefficient (Wildman–Crippen LogP) is 2.55. The maximum absolute atomic E-state index is 5.70. The number of benzene rings is 1. The summed E-state index contributed by atoms with van der Waals surface area (Å²) in [5.74, 6) is 1.64. The molecule has 2 N–H and O–H groups in total. The number of ether oxygens (including phenoxy) is 2. The molecule has 0 unspecified atom stereocenters. The van der Waals surface area contributed by atoms with E-state index in [4.69, 9.17) is 15.2 Å². The van der Waals surface area contributed by atoms with Gasteiger partial charge in [0.1, 0.15) is 0 Å². The van der Waals surface area contributed by atoms with Gasteiger partial charge in [-0.1, -0.05) is 13.8 Å². The quantitative estimate of drug-likeness (QED) is 0.792.